The molecule has 0 unspecified atom stereocenters. The van der Waals surface area contributed by atoms with Crippen molar-refractivity contribution in [2.45, 2.75) is 12.8 Å². The highest BCUT2D eigenvalue weighted by atomic mass is 35.5. The number of carbonyl (C=O) groups excluding carboxylic acids is 1. The van der Waals surface area contributed by atoms with Gasteiger partial charge in [-0.2, -0.15) is 5.26 Å². The molecule has 1 atom stereocenters. The molecule has 2 aromatic carbocycles. The van der Waals surface area contributed by atoms with Gasteiger partial charge in [-0.3, -0.25) is 9.36 Å². The Bertz CT molecular complexity index is 1190. The number of carbonyl (C=O) groups is 1. The van der Waals surface area contributed by atoms with Gasteiger partial charge in [-0.05, 0) is 23.8 Å². The van der Waals surface area contributed by atoms with Crippen molar-refractivity contribution < 1.29 is 9.53 Å². The number of benzene rings is 2. The quantitative estimate of drug-likeness (QED) is 0.637. The molecule has 5 nitrogen and oxygen atoms in total. The molecule has 7 heteroatoms. The zero-order valence-electron chi connectivity index (χ0n) is 14.2. The SMILES string of the molecule is CC(=O)n1c2c(c3ccccc31)OC(N)=C(C#N)[C@H]2c1cccc(Cl)c1Cl. The highest BCUT2D eigenvalue weighted by molar-refractivity contribution is 6.42. The molecular weight excluding hydrogens is 385 g/mol. The van der Waals surface area contributed by atoms with E-state index in [1.165, 1.54) is 11.5 Å². The molecule has 0 saturated heterocycles. The molecule has 0 fully saturated rings. The van der Waals surface area contributed by atoms with Gasteiger partial charge in [0, 0.05) is 12.3 Å². The predicted octanol–water partition coefficient (Wildman–Crippen LogP) is 4.83. The lowest BCUT2D eigenvalue weighted by Gasteiger charge is -2.26. The lowest BCUT2D eigenvalue weighted by molar-refractivity contribution is 0.0937. The maximum Gasteiger partial charge on any atom is 0.228 e. The van der Waals surface area contributed by atoms with Crippen molar-refractivity contribution in [1.29, 1.82) is 5.26 Å². The third-order valence-electron chi connectivity index (χ3n) is 4.63. The maximum absolute atomic E-state index is 12.5. The van der Waals surface area contributed by atoms with E-state index in [0.717, 1.165) is 5.39 Å². The van der Waals surface area contributed by atoms with Crippen LogP contribution in [0.4, 0.5) is 0 Å². The van der Waals surface area contributed by atoms with Gasteiger partial charge in [-0.15, -0.1) is 0 Å². The van der Waals surface area contributed by atoms with Crippen LogP contribution in [0.1, 0.15) is 28.9 Å². The van der Waals surface area contributed by atoms with Crippen molar-refractivity contribution in [3.05, 3.63) is 75.2 Å². The number of nitrogens with two attached hydrogens (primary N) is 1. The van der Waals surface area contributed by atoms with Gasteiger partial charge in [0.25, 0.3) is 0 Å². The van der Waals surface area contributed by atoms with Gasteiger partial charge in [0.1, 0.15) is 11.6 Å². The first-order valence-corrected chi connectivity index (χ1v) is 8.87. The Labute approximate surface area is 165 Å². The normalized spacial score (nSPS) is 16.0. The van der Waals surface area contributed by atoms with E-state index in [-0.39, 0.29) is 17.4 Å². The second kappa shape index (κ2) is 6.34. The molecule has 3 aromatic rings. The van der Waals surface area contributed by atoms with Gasteiger partial charge in [-0.1, -0.05) is 47.5 Å². The van der Waals surface area contributed by atoms with Gasteiger partial charge in [0.05, 0.1) is 27.2 Å². The summed E-state index contributed by atoms with van der Waals surface area (Å²) in [5, 5.41) is 11.1. The Morgan fingerprint density at radius 3 is 2.67 bits per heavy atom. The number of rotatable bonds is 1. The summed E-state index contributed by atoms with van der Waals surface area (Å²) in [6.45, 7) is 1.46. The zero-order chi connectivity index (χ0) is 19.3. The third-order valence-corrected chi connectivity index (χ3v) is 5.46. The van der Waals surface area contributed by atoms with E-state index in [1.54, 1.807) is 18.2 Å². The molecule has 2 N–H and O–H groups in total. The van der Waals surface area contributed by atoms with Crippen LogP contribution in [-0.4, -0.2) is 10.5 Å². The monoisotopic (exact) mass is 397 g/mol. The van der Waals surface area contributed by atoms with Gasteiger partial charge in [0.15, 0.2) is 5.75 Å². The van der Waals surface area contributed by atoms with Crippen LogP contribution in [0.25, 0.3) is 10.9 Å². The van der Waals surface area contributed by atoms with Crippen LogP contribution in [-0.2, 0) is 0 Å². The van der Waals surface area contributed by atoms with Crippen LogP contribution >= 0.6 is 23.2 Å². The average molecular weight is 398 g/mol. The fourth-order valence-electron chi connectivity index (χ4n) is 3.55. The smallest absolute Gasteiger partial charge is 0.228 e. The standard InChI is InChI=1S/C20H13Cl2N3O2/c1-10(26)25-15-8-3-2-5-11(15)19-18(25)16(13(9-23)20(24)27-19)12-6-4-7-14(21)17(12)22/h2-8,16H,24H2,1H3/t16-/m1/s1. The van der Waals surface area contributed by atoms with Gasteiger partial charge < -0.3 is 10.5 Å². The highest BCUT2D eigenvalue weighted by Gasteiger charge is 2.38. The van der Waals surface area contributed by atoms with E-state index < -0.39 is 5.92 Å². The van der Waals surface area contributed by atoms with Crippen LogP contribution < -0.4 is 10.5 Å². The molecule has 0 aliphatic carbocycles. The van der Waals surface area contributed by atoms with Gasteiger partial charge in [0.2, 0.25) is 11.8 Å². The Kier molecular flexibility index (Phi) is 4.11. The van der Waals surface area contributed by atoms with E-state index in [1.807, 2.05) is 24.3 Å². The Morgan fingerprint density at radius 1 is 1.22 bits per heavy atom. The highest BCUT2D eigenvalue weighted by Crippen LogP contribution is 2.49. The maximum atomic E-state index is 12.5. The van der Waals surface area contributed by atoms with E-state index >= 15 is 0 Å². The summed E-state index contributed by atoms with van der Waals surface area (Å²) in [7, 11) is 0. The van der Waals surface area contributed by atoms with Crippen LogP contribution in [0.3, 0.4) is 0 Å². The first-order chi connectivity index (χ1) is 13.0. The van der Waals surface area contributed by atoms with Gasteiger partial charge in [-0.25, -0.2) is 0 Å². The lowest BCUT2D eigenvalue weighted by atomic mass is 9.86. The van der Waals surface area contributed by atoms with Crippen LogP contribution in [0, 0.1) is 11.3 Å². The van der Waals surface area contributed by atoms with E-state index in [2.05, 4.69) is 6.07 Å². The van der Waals surface area contributed by atoms with E-state index in [0.29, 0.717) is 32.6 Å². The summed E-state index contributed by atoms with van der Waals surface area (Å²) in [5.74, 6) is -0.464. The number of halogens is 2. The summed E-state index contributed by atoms with van der Waals surface area (Å²) in [6.07, 6.45) is 0. The molecule has 0 radical (unpaired) electrons. The molecule has 4 rings (SSSR count). The van der Waals surface area contributed by atoms with Crippen LogP contribution in [0.2, 0.25) is 10.0 Å². The van der Waals surface area contributed by atoms with Crippen LogP contribution in [0.5, 0.6) is 5.75 Å². The summed E-state index contributed by atoms with van der Waals surface area (Å²) < 4.78 is 7.33. The van der Waals surface area contributed by atoms with Crippen molar-refractivity contribution in [3.63, 3.8) is 0 Å². The largest absolute Gasteiger partial charge is 0.438 e. The van der Waals surface area contributed by atoms with Crippen LogP contribution in [0.15, 0.2) is 53.9 Å². The number of hydrogen-bond donors (Lipinski definition) is 1. The number of aromatic nitrogens is 1. The molecule has 1 aliphatic rings. The number of ether oxygens (including phenoxy) is 1. The topological polar surface area (TPSA) is 81.0 Å². The number of para-hydroxylation sites is 1. The first-order valence-electron chi connectivity index (χ1n) is 8.11. The molecule has 0 spiro atoms. The molecule has 1 aliphatic heterocycles. The number of hydrogen-bond acceptors (Lipinski definition) is 4. The molecule has 134 valence electrons. The molecule has 27 heavy (non-hydrogen) atoms. The summed E-state index contributed by atoms with van der Waals surface area (Å²) in [4.78, 5) is 12.5. The minimum atomic E-state index is -0.679. The van der Waals surface area contributed by atoms with Crippen molar-refractivity contribution >= 4 is 40.0 Å². The molecule has 2 heterocycles. The number of fused-ring (bicyclic) bond motifs is 3. The second-order valence-corrected chi connectivity index (χ2v) is 6.94. The van der Waals surface area contributed by atoms with Gasteiger partial charge >= 0.3 is 0 Å². The third kappa shape index (κ3) is 2.49. The first kappa shape index (κ1) is 17.5. The summed E-state index contributed by atoms with van der Waals surface area (Å²) >= 11 is 12.7. The summed E-state index contributed by atoms with van der Waals surface area (Å²) in [5.41, 5.74) is 8.01. The van der Waals surface area contributed by atoms with E-state index in [9.17, 15) is 10.1 Å². The predicted molar refractivity (Wildman–Crippen MR) is 104 cm³/mol. The molecule has 0 amide bonds. The van der Waals surface area contributed by atoms with Crippen molar-refractivity contribution in [2.75, 3.05) is 0 Å². The number of nitrogens with zero attached hydrogens (tertiary/aromatic N) is 2. The lowest BCUT2D eigenvalue weighted by Crippen LogP contribution is -2.24. The number of allylic oxidation sites excluding steroid dienone is 1. The Morgan fingerprint density at radius 2 is 1.96 bits per heavy atom. The fourth-order valence-corrected chi connectivity index (χ4v) is 3.96. The minimum absolute atomic E-state index is 0.0162. The second-order valence-electron chi connectivity index (χ2n) is 6.15. The molecular formula is C20H13Cl2N3O2. The van der Waals surface area contributed by atoms with Crippen molar-refractivity contribution in [1.82, 2.24) is 4.57 Å². The van der Waals surface area contributed by atoms with Crippen molar-refractivity contribution in [3.8, 4) is 11.8 Å². The average Bonchev–Trinajstić information content (AvgIpc) is 2.97. The van der Waals surface area contributed by atoms with E-state index in [4.69, 9.17) is 33.7 Å². The molecule has 0 bridgehead atoms. The van der Waals surface area contributed by atoms with Crippen molar-refractivity contribution in [2.24, 2.45) is 5.73 Å². The molecule has 0 saturated carbocycles. The Balaban J connectivity index is 2.16. The summed E-state index contributed by atoms with van der Waals surface area (Å²) in [6, 6.07) is 14.6. The Hall–Kier alpha value is -2.94. The number of nitriles is 1. The molecule has 1 aromatic heterocycles. The zero-order valence-corrected chi connectivity index (χ0v) is 15.7. The minimum Gasteiger partial charge on any atom is -0.438 e. The fraction of sp³-hybridized carbons (Fsp3) is 0.100.